The molecule has 1 heterocycles. The molecule has 5 heteroatoms. The lowest BCUT2D eigenvalue weighted by molar-refractivity contribution is -0.127. The summed E-state index contributed by atoms with van der Waals surface area (Å²) in [4.78, 5) is 26.5. The number of aliphatic hydroxyl groups excluding tert-OH is 1. The number of aliphatic hydroxyl groups is 1. The lowest BCUT2D eigenvalue weighted by atomic mass is 9.93. The SMILES string of the molecule is O=C1CC(O)=C[C@@H](C(=O)N(c2ccccc2)C2CCCCC2)N1. The number of rotatable bonds is 3. The van der Waals surface area contributed by atoms with Crippen LogP contribution in [-0.2, 0) is 9.59 Å². The third-order valence-corrected chi connectivity index (χ3v) is 4.49. The first-order valence-corrected chi connectivity index (χ1v) is 8.22. The van der Waals surface area contributed by atoms with Gasteiger partial charge in [-0.1, -0.05) is 37.5 Å². The third-order valence-electron chi connectivity index (χ3n) is 4.49. The van der Waals surface area contributed by atoms with Crippen LogP contribution in [0.1, 0.15) is 38.5 Å². The first-order valence-electron chi connectivity index (χ1n) is 8.22. The van der Waals surface area contributed by atoms with Gasteiger partial charge in [-0.15, -0.1) is 0 Å². The molecule has 1 saturated carbocycles. The summed E-state index contributed by atoms with van der Waals surface area (Å²) >= 11 is 0. The molecule has 3 rings (SSSR count). The van der Waals surface area contributed by atoms with Crippen LogP contribution >= 0.6 is 0 Å². The number of amides is 2. The van der Waals surface area contributed by atoms with E-state index in [1.54, 1.807) is 4.90 Å². The molecule has 5 nitrogen and oxygen atoms in total. The monoisotopic (exact) mass is 314 g/mol. The topological polar surface area (TPSA) is 69.6 Å². The fourth-order valence-corrected chi connectivity index (χ4v) is 3.41. The fourth-order valence-electron chi connectivity index (χ4n) is 3.41. The molecule has 1 aliphatic carbocycles. The quantitative estimate of drug-likeness (QED) is 0.901. The number of para-hydroxylation sites is 1. The Labute approximate surface area is 136 Å². The van der Waals surface area contributed by atoms with Crippen LogP contribution in [0.15, 0.2) is 42.2 Å². The number of hydrogen-bond donors (Lipinski definition) is 2. The average Bonchev–Trinajstić information content (AvgIpc) is 2.56. The predicted octanol–water partition coefficient (Wildman–Crippen LogP) is 2.68. The van der Waals surface area contributed by atoms with Gasteiger partial charge in [-0.3, -0.25) is 9.59 Å². The lowest BCUT2D eigenvalue weighted by Crippen LogP contribution is -2.53. The molecule has 2 amide bonds. The first-order chi connectivity index (χ1) is 11.1. The van der Waals surface area contributed by atoms with Gasteiger partial charge >= 0.3 is 0 Å². The van der Waals surface area contributed by atoms with E-state index in [1.807, 2.05) is 30.3 Å². The van der Waals surface area contributed by atoms with Gasteiger partial charge in [0.1, 0.15) is 11.8 Å². The molecule has 0 bridgehead atoms. The summed E-state index contributed by atoms with van der Waals surface area (Å²) in [7, 11) is 0. The van der Waals surface area contributed by atoms with Crippen LogP contribution in [0.2, 0.25) is 0 Å². The van der Waals surface area contributed by atoms with Crippen LogP contribution in [0.3, 0.4) is 0 Å². The van der Waals surface area contributed by atoms with Gasteiger partial charge in [0.2, 0.25) is 5.91 Å². The summed E-state index contributed by atoms with van der Waals surface area (Å²) in [5.41, 5.74) is 0.845. The van der Waals surface area contributed by atoms with Crippen LogP contribution in [0.5, 0.6) is 0 Å². The Hall–Kier alpha value is -2.30. The minimum absolute atomic E-state index is 0.0382. The third kappa shape index (κ3) is 3.55. The van der Waals surface area contributed by atoms with Crippen molar-refractivity contribution in [3.05, 3.63) is 42.2 Å². The molecule has 0 aromatic heterocycles. The molecule has 0 radical (unpaired) electrons. The van der Waals surface area contributed by atoms with E-state index in [-0.39, 0.29) is 30.0 Å². The van der Waals surface area contributed by atoms with Crippen molar-refractivity contribution in [2.24, 2.45) is 0 Å². The molecular formula is C18H22N2O3. The van der Waals surface area contributed by atoms with E-state index in [0.29, 0.717) is 0 Å². The standard InChI is InChI=1S/C18H22N2O3/c21-15-11-16(19-17(22)12-15)18(23)20(13-7-3-1-4-8-13)14-9-5-2-6-10-14/h1,3-4,7-8,11,14,16,21H,2,5-6,9-10,12H2,(H,19,22)/t16-/m0/s1. The van der Waals surface area contributed by atoms with Crippen molar-refractivity contribution < 1.29 is 14.7 Å². The molecule has 0 unspecified atom stereocenters. The van der Waals surface area contributed by atoms with Gasteiger partial charge in [0.05, 0.1) is 6.42 Å². The zero-order valence-electron chi connectivity index (χ0n) is 13.1. The van der Waals surface area contributed by atoms with Gasteiger partial charge in [0.15, 0.2) is 0 Å². The number of carbonyl (C=O) groups is 2. The number of benzene rings is 1. The lowest BCUT2D eigenvalue weighted by Gasteiger charge is -2.36. The summed E-state index contributed by atoms with van der Waals surface area (Å²) in [6.07, 6.45) is 6.75. The van der Waals surface area contributed by atoms with E-state index in [2.05, 4.69) is 5.32 Å². The number of carbonyl (C=O) groups excluding carboxylic acids is 2. The van der Waals surface area contributed by atoms with E-state index in [0.717, 1.165) is 31.4 Å². The minimum Gasteiger partial charge on any atom is -0.512 e. The number of nitrogens with one attached hydrogen (secondary N) is 1. The Morgan fingerprint density at radius 3 is 2.48 bits per heavy atom. The maximum absolute atomic E-state index is 13.0. The number of hydrogen-bond acceptors (Lipinski definition) is 3. The van der Waals surface area contributed by atoms with Gasteiger partial charge in [-0.2, -0.15) is 0 Å². The van der Waals surface area contributed by atoms with Crippen LogP contribution in [0.4, 0.5) is 5.69 Å². The zero-order valence-corrected chi connectivity index (χ0v) is 13.1. The maximum atomic E-state index is 13.0. The van der Waals surface area contributed by atoms with Crippen molar-refractivity contribution in [2.45, 2.75) is 50.6 Å². The summed E-state index contributed by atoms with van der Waals surface area (Å²) < 4.78 is 0. The van der Waals surface area contributed by atoms with Crippen molar-refractivity contribution in [3.63, 3.8) is 0 Å². The number of nitrogens with zero attached hydrogens (tertiary/aromatic N) is 1. The van der Waals surface area contributed by atoms with Crippen molar-refractivity contribution in [1.29, 1.82) is 0 Å². The Bertz CT molecular complexity index is 606. The minimum atomic E-state index is -0.793. The van der Waals surface area contributed by atoms with E-state index in [1.165, 1.54) is 12.5 Å². The van der Waals surface area contributed by atoms with Crippen molar-refractivity contribution in [2.75, 3.05) is 4.90 Å². The van der Waals surface area contributed by atoms with Crippen molar-refractivity contribution in [1.82, 2.24) is 5.32 Å². The largest absolute Gasteiger partial charge is 0.512 e. The molecule has 0 saturated heterocycles. The summed E-state index contributed by atoms with van der Waals surface area (Å²) in [6, 6.07) is 8.92. The van der Waals surface area contributed by atoms with Gasteiger partial charge in [0, 0.05) is 11.7 Å². The van der Waals surface area contributed by atoms with Gasteiger partial charge < -0.3 is 15.3 Å². The average molecular weight is 314 g/mol. The van der Waals surface area contributed by atoms with Crippen LogP contribution < -0.4 is 10.2 Å². The highest BCUT2D eigenvalue weighted by Crippen LogP contribution is 2.28. The highest BCUT2D eigenvalue weighted by molar-refractivity contribution is 6.01. The smallest absolute Gasteiger partial charge is 0.253 e. The maximum Gasteiger partial charge on any atom is 0.253 e. The molecule has 1 aromatic rings. The molecule has 23 heavy (non-hydrogen) atoms. The predicted molar refractivity (Wildman–Crippen MR) is 88.1 cm³/mol. The molecule has 1 aromatic carbocycles. The van der Waals surface area contributed by atoms with Crippen molar-refractivity contribution in [3.8, 4) is 0 Å². The van der Waals surface area contributed by atoms with Gasteiger partial charge in [0.25, 0.3) is 5.91 Å². The molecule has 1 fully saturated rings. The first kappa shape index (κ1) is 15.6. The van der Waals surface area contributed by atoms with Crippen LogP contribution in [0.25, 0.3) is 0 Å². The second-order valence-corrected chi connectivity index (χ2v) is 6.22. The molecule has 2 aliphatic rings. The van der Waals surface area contributed by atoms with Gasteiger partial charge in [-0.05, 0) is 31.1 Å². The van der Waals surface area contributed by atoms with Crippen LogP contribution in [-0.4, -0.2) is 29.0 Å². The Morgan fingerprint density at radius 2 is 1.83 bits per heavy atom. The van der Waals surface area contributed by atoms with Crippen molar-refractivity contribution >= 4 is 17.5 Å². The zero-order chi connectivity index (χ0) is 16.2. The highest BCUT2D eigenvalue weighted by Gasteiger charge is 2.33. The molecular weight excluding hydrogens is 292 g/mol. The van der Waals surface area contributed by atoms with Gasteiger partial charge in [-0.25, -0.2) is 0 Å². The molecule has 1 atom stereocenters. The fraction of sp³-hybridized carbons (Fsp3) is 0.444. The second kappa shape index (κ2) is 6.86. The van der Waals surface area contributed by atoms with E-state index in [9.17, 15) is 14.7 Å². The van der Waals surface area contributed by atoms with E-state index >= 15 is 0 Å². The van der Waals surface area contributed by atoms with E-state index < -0.39 is 6.04 Å². The second-order valence-electron chi connectivity index (χ2n) is 6.22. The Kier molecular flexibility index (Phi) is 4.65. The molecule has 2 N–H and O–H groups in total. The summed E-state index contributed by atoms with van der Waals surface area (Å²) in [6.45, 7) is 0. The number of anilines is 1. The summed E-state index contributed by atoms with van der Waals surface area (Å²) in [5, 5.41) is 12.4. The Balaban J connectivity index is 1.89. The van der Waals surface area contributed by atoms with Crippen LogP contribution in [0, 0.1) is 0 Å². The van der Waals surface area contributed by atoms with E-state index in [4.69, 9.17) is 0 Å². The molecule has 122 valence electrons. The molecule has 0 spiro atoms. The summed E-state index contributed by atoms with van der Waals surface area (Å²) in [5.74, 6) is -0.536. The normalized spacial score (nSPS) is 22.2. The Morgan fingerprint density at radius 1 is 1.13 bits per heavy atom. The molecule has 1 aliphatic heterocycles. The highest BCUT2D eigenvalue weighted by atomic mass is 16.3.